The van der Waals surface area contributed by atoms with Crippen molar-refractivity contribution in [3.05, 3.63) is 77.6 Å². The Balaban J connectivity index is 2.15. The first-order valence-corrected chi connectivity index (χ1v) is 7.91. The number of halogens is 1. The molecular formula is C20H18ClN. The van der Waals surface area contributed by atoms with Gasteiger partial charge in [-0.05, 0) is 47.7 Å². The van der Waals surface area contributed by atoms with Crippen LogP contribution in [0.3, 0.4) is 0 Å². The van der Waals surface area contributed by atoms with Gasteiger partial charge in [-0.1, -0.05) is 48.5 Å². The van der Waals surface area contributed by atoms with Crippen LogP contribution in [0.1, 0.15) is 16.8 Å². The van der Waals surface area contributed by atoms with Gasteiger partial charge in [0.1, 0.15) is 0 Å². The maximum atomic E-state index is 6.04. The van der Waals surface area contributed by atoms with Crippen LogP contribution >= 0.6 is 11.6 Å². The maximum Gasteiger partial charge on any atom is 0.0653 e. The first-order valence-electron chi connectivity index (χ1n) is 7.38. The SMILES string of the molecule is Cc1c(-c2ccccc2)ccc(-c2cccnc2CCl)c1C. The number of benzene rings is 2. The van der Waals surface area contributed by atoms with Crippen LogP contribution in [-0.2, 0) is 5.88 Å². The van der Waals surface area contributed by atoms with Gasteiger partial charge in [-0.3, -0.25) is 4.98 Å². The monoisotopic (exact) mass is 307 g/mol. The van der Waals surface area contributed by atoms with Crippen LogP contribution in [0.25, 0.3) is 22.3 Å². The third kappa shape index (κ3) is 2.65. The highest BCUT2D eigenvalue weighted by Gasteiger charge is 2.12. The molecule has 0 spiro atoms. The molecule has 0 radical (unpaired) electrons. The molecule has 22 heavy (non-hydrogen) atoms. The molecule has 1 heterocycles. The lowest BCUT2D eigenvalue weighted by atomic mass is 9.90. The highest BCUT2D eigenvalue weighted by molar-refractivity contribution is 6.17. The fourth-order valence-corrected chi connectivity index (χ4v) is 3.05. The Bertz CT molecular complexity index is 794. The molecule has 2 heteroatoms. The zero-order chi connectivity index (χ0) is 15.5. The van der Waals surface area contributed by atoms with Crippen LogP contribution < -0.4 is 0 Å². The number of hydrogen-bond acceptors (Lipinski definition) is 1. The molecule has 1 aromatic heterocycles. The van der Waals surface area contributed by atoms with Crippen molar-refractivity contribution in [1.82, 2.24) is 4.98 Å². The summed E-state index contributed by atoms with van der Waals surface area (Å²) >= 11 is 6.04. The van der Waals surface area contributed by atoms with Gasteiger partial charge < -0.3 is 0 Å². The van der Waals surface area contributed by atoms with Gasteiger partial charge >= 0.3 is 0 Å². The van der Waals surface area contributed by atoms with Crippen molar-refractivity contribution in [2.45, 2.75) is 19.7 Å². The van der Waals surface area contributed by atoms with Crippen LogP contribution in [0.5, 0.6) is 0 Å². The van der Waals surface area contributed by atoms with E-state index in [9.17, 15) is 0 Å². The van der Waals surface area contributed by atoms with E-state index in [-0.39, 0.29) is 0 Å². The van der Waals surface area contributed by atoms with Crippen molar-refractivity contribution in [3.63, 3.8) is 0 Å². The summed E-state index contributed by atoms with van der Waals surface area (Å²) in [6.45, 7) is 4.35. The normalized spacial score (nSPS) is 10.7. The molecule has 0 bridgehead atoms. The number of rotatable bonds is 3. The summed E-state index contributed by atoms with van der Waals surface area (Å²) in [5.41, 5.74) is 8.36. The fraction of sp³-hybridized carbons (Fsp3) is 0.150. The van der Waals surface area contributed by atoms with E-state index >= 15 is 0 Å². The summed E-state index contributed by atoms with van der Waals surface area (Å²) in [5.74, 6) is 0.426. The molecule has 0 unspecified atom stereocenters. The standard InChI is InChI=1S/C20H18ClN/c1-14-15(2)18(19-9-6-12-22-20(19)13-21)11-10-17(14)16-7-4-3-5-8-16/h3-12H,13H2,1-2H3. The Morgan fingerprint density at radius 1 is 0.773 bits per heavy atom. The molecule has 0 aliphatic heterocycles. The van der Waals surface area contributed by atoms with E-state index in [0.29, 0.717) is 5.88 Å². The van der Waals surface area contributed by atoms with Crippen LogP contribution in [-0.4, -0.2) is 4.98 Å². The second-order valence-electron chi connectivity index (χ2n) is 5.41. The lowest BCUT2D eigenvalue weighted by Gasteiger charge is -2.15. The maximum absolute atomic E-state index is 6.04. The molecule has 0 fully saturated rings. The van der Waals surface area contributed by atoms with E-state index in [2.05, 4.69) is 61.3 Å². The Hall–Kier alpha value is -2.12. The number of nitrogens with zero attached hydrogens (tertiary/aromatic N) is 1. The number of hydrogen-bond donors (Lipinski definition) is 0. The topological polar surface area (TPSA) is 12.9 Å². The molecule has 0 N–H and O–H groups in total. The quantitative estimate of drug-likeness (QED) is 0.560. The molecule has 0 saturated heterocycles. The predicted molar refractivity (Wildman–Crippen MR) is 94.1 cm³/mol. The molecule has 0 amide bonds. The highest BCUT2D eigenvalue weighted by Crippen LogP contribution is 2.33. The summed E-state index contributed by atoms with van der Waals surface area (Å²) in [6.07, 6.45) is 1.79. The molecule has 0 aliphatic carbocycles. The molecule has 110 valence electrons. The lowest BCUT2D eigenvalue weighted by molar-refractivity contribution is 1.17. The molecule has 0 saturated carbocycles. The zero-order valence-corrected chi connectivity index (χ0v) is 13.6. The molecule has 2 aromatic carbocycles. The van der Waals surface area contributed by atoms with E-state index < -0.39 is 0 Å². The summed E-state index contributed by atoms with van der Waals surface area (Å²) in [6, 6.07) is 18.9. The Morgan fingerprint density at radius 3 is 2.18 bits per heavy atom. The minimum atomic E-state index is 0.426. The van der Waals surface area contributed by atoms with E-state index in [1.54, 1.807) is 6.20 Å². The fourth-order valence-electron chi connectivity index (χ4n) is 2.83. The first kappa shape index (κ1) is 14.8. The Labute approximate surface area is 136 Å². The van der Waals surface area contributed by atoms with Gasteiger partial charge in [0.25, 0.3) is 0 Å². The predicted octanol–water partition coefficient (Wildman–Crippen LogP) is 5.77. The Morgan fingerprint density at radius 2 is 1.45 bits per heavy atom. The van der Waals surface area contributed by atoms with Gasteiger partial charge in [0, 0.05) is 11.8 Å². The summed E-state index contributed by atoms with van der Waals surface area (Å²) in [7, 11) is 0. The number of pyridine rings is 1. The third-order valence-corrected chi connectivity index (χ3v) is 4.43. The molecule has 1 nitrogen and oxygen atoms in total. The third-order valence-electron chi connectivity index (χ3n) is 4.18. The van der Waals surface area contributed by atoms with Gasteiger partial charge in [-0.2, -0.15) is 0 Å². The highest BCUT2D eigenvalue weighted by atomic mass is 35.5. The average Bonchev–Trinajstić information content (AvgIpc) is 2.58. The molecule has 3 aromatic rings. The molecule has 0 aliphatic rings. The summed E-state index contributed by atoms with van der Waals surface area (Å²) < 4.78 is 0. The molecular weight excluding hydrogens is 290 g/mol. The molecule has 0 atom stereocenters. The minimum Gasteiger partial charge on any atom is -0.259 e. The van der Waals surface area contributed by atoms with Crippen molar-refractivity contribution >= 4 is 11.6 Å². The lowest BCUT2D eigenvalue weighted by Crippen LogP contribution is -1.95. The van der Waals surface area contributed by atoms with E-state index in [1.165, 1.54) is 27.8 Å². The largest absolute Gasteiger partial charge is 0.259 e. The van der Waals surface area contributed by atoms with Crippen LogP contribution in [0.15, 0.2) is 60.8 Å². The average molecular weight is 308 g/mol. The van der Waals surface area contributed by atoms with Crippen molar-refractivity contribution in [3.8, 4) is 22.3 Å². The minimum absolute atomic E-state index is 0.426. The van der Waals surface area contributed by atoms with Crippen LogP contribution in [0.4, 0.5) is 0 Å². The van der Waals surface area contributed by atoms with Gasteiger partial charge in [-0.25, -0.2) is 0 Å². The van der Waals surface area contributed by atoms with Gasteiger partial charge in [0.05, 0.1) is 11.6 Å². The second kappa shape index (κ2) is 6.33. The van der Waals surface area contributed by atoms with E-state index in [1.807, 2.05) is 12.1 Å². The Kier molecular flexibility index (Phi) is 4.26. The number of aromatic nitrogens is 1. The van der Waals surface area contributed by atoms with Gasteiger partial charge in [-0.15, -0.1) is 11.6 Å². The summed E-state index contributed by atoms with van der Waals surface area (Å²) in [5, 5.41) is 0. The number of alkyl halides is 1. The van der Waals surface area contributed by atoms with Crippen molar-refractivity contribution < 1.29 is 0 Å². The van der Waals surface area contributed by atoms with Gasteiger partial charge in [0.2, 0.25) is 0 Å². The van der Waals surface area contributed by atoms with Crippen molar-refractivity contribution in [2.75, 3.05) is 0 Å². The molecule has 3 rings (SSSR count). The second-order valence-corrected chi connectivity index (χ2v) is 5.68. The van der Waals surface area contributed by atoms with Crippen LogP contribution in [0.2, 0.25) is 0 Å². The smallest absolute Gasteiger partial charge is 0.0653 e. The van der Waals surface area contributed by atoms with Gasteiger partial charge in [0.15, 0.2) is 0 Å². The van der Waals surface area contributed by atoms with E-state index in [4.69, 9.17) is 11.6 Å². The van der Waals surface area contributed by atoms with Crippen molar-refractivity contribution in [2.24, 2.45) is 0 Å². The van der Waals surface area contributed by atoms with E-state index in [0.717, 1.165) is 11.3 Å². The van der Waals surface area contributed by atoms with Crippen LogP contribution in [0, 0.1) is 13.8 Å². The van der Waals surface area contributed by atoms with Crippen molar-refractivity contribution in [1.29, 1.82) is 0 Å². The first-order chi connectivity index (χ1) is 10.7. The summed E-state index contributed by atoms with van der Waals surface area (Å²) in [4.78, 5) is 4.39. The zero-order valence-electron chi connectivity index (χ0n) is 12.8.